The van der Waals surface area contributed by atoms with E-state index in [1.165, 1.54) is 0 Å². The van der Waals surface area contributed by atoms with Gasteiger partial charge in [-0.25, -0.2) is 0 Å². The Morgan fingerprint density at radius 2 is 1.55 bits per heavy atom. The van der Waals surface area contributed by atoms with E-state index in [4.69, 9.17) is 56.9 Å². The molecule has 0 aromatic rings. The number of rotatable bonds is 0. The van der Waals surface area contributed by atoms with Crippen LogP contribution in [-0.4, -0.2) is 10.2 Å². The summed E-state index contributed by atoms with van der Waals surface area (Å²) >= 11 is 29.9. The number of halogens is 5. The van der Waals surface area contributed by atoms with Gasteiger partial charge in [-0.2, -0.15) is 0 Å². The molecule has 1 saturated heterocycles. The van der Waals surface area contributed by atoms with Crippen LogP contribution in [-0.2, 0) is 0 Å². The summed E-state index contributed by atoms with van der Waals surface area (Å²) in [6.07, 6.45) is 2.99. The third-order valence-corrected chi connectivity index (χ3v) is 12.6. The normalized spacial score (nSPS) is 37.0. The third-order valence-electron chi connectivity index (χ3n) is 1.85. The van der Waals surface area contributed by atoms with Gasteiger partial charge in [-0.3, -0.25) is 0 Å². The average Bonchev–Trinajstić information content (AvgIpc) is 1.76. The van der Waals surface area contributed by atoms with Crippen LogP contribution in [0.1, 0.15) is 19.3 Å². The van der Waals surface area contributed by atoms with Crippen molar-refractivity contribution < 1.29 is 0 Å². The van der Waals surface area contributed by atoms with E-state index < -0.39 is 8.74 Å². The molecule has 0 spiro atoms. The molecular formula is C5H8Cl5P. The molecule has 1 heterocycles. The van der Waals surface area contributed by atoms with Gasteiger partial charge in [-0.1, -0.05) is 0 Å². The van der Waals surface area contributed by atoms with Gasteiger partial charge in [0.15, 0.2) is 0 Å². The molecule has 68 valence electrons. The Labute approximate surface area is 90.8 Å². The minimum absolute atomic E-state index is 0.545. The Hall–Kier alpha value is 1.88. The van der Waals surface area contributed by atoms with E-state index in [1.54, 1.807) is 0 Å². The van der Waals surface area contributed by atoms with Crippen LogP contribution in [0.3, 0.4) is 0 Å². The summed E-state index contributed by atoms with van der Waals surface area (Å²) in [6, 6.07) is 0. The van der Waals surface area contributed by atoms with Gasteiger partial charge in [0.2, 0.25) is 0 Å². The molecule has 0 aliphatic carbocycles. The molecule has 0 N–H and O–H groups in total. The summed E-state index contributed by atoms with van der Waals surface area (Å²) in [4.78, 5) is 0. The summed E-state index contributed by atoms with van der Waals surface area (Å²) in [5.41, 5.74) is 0. The van der Waals surface area contributed by atoms with E-state index in [-0.39, 0.29) is 0 Å². The molecule has 1 fully saturated rings. The van der Waals surface area contributed by atoms with Crippen LogP contribution in [0, 0.1) is 0 Å². The second-order valence-electron chi connectivity index (χ2n) is 2.81. The van der Waals surface area contributed by atoms with Crippen molar-refractivity contribution in [1.82, 2.24) is 0 Å². The van der Waals surface area contributed by atoms with Crippen molar-refractivity contribution in [2.24, 2.45) is 0 Å². The number of hydrogen-bond donors (Lipinski definition) is 0. The topological polar surface area (TPSA) is 0 Å². The Morgan fingerprint density at radius 3 is 1.82 bits per heavy atom. The van der Waals surface area contributed by atoms with Crippen molar-refractivity contribution in [2.45, 2.75) is 23.3 Å². The Kier molecular flexibility index (Phi) is 2.93. The predicted molar refractivity (Wildman–Crippen MR) is 57.6 cm³/mol. The van der Waals surface area contributed by atoms with Crippen molar-refractivity contribution in [1.29, 1.82) is 0 Å². The molecule has 0 radical (unpaired) electrons. The fourth-order valence-corrected chi connectivity index (χ4v) is 5.33. The Bertz CT molecular complexity index is 169. The zero-order chi connectivity index (χ0) is 8.78. The van der Waals surface area contributed by atoms with E-state index in [0.717, 1.165) is 12.8 Å². The van der Waals surface area contributed by atoms with E-state index in [1.807, 2.05) is 0 Å². The van der Waals surface area contributed by atoms with Gasteiger partial charge in [0.25, 0.3) is 0 Å². The molecule has 0 nitrogen and oxygen atoms in total. The average molecular weight is 276 g/mol. The van der Waals surface area contributed by atoms with E-state index in [2.05, 4.69) is 0 Å². The van der Waals surface area contributed by atoms with Gasteiger partial charge in [-0.15, -0.1) is 0 Å². The van der Waals surface area contributed by atoms with Gasteiger partial charge in [0, 0.05) is 0 Å². The van der Waals surface area contributed by atoms with Crippen molar-refractivity contribution in [2.75, 3.05) is 6.16 Å². The summed E-state index contributed by atoms with van der Waals surface area (Å²) in [6.45, 7) is 0. The first kappa shape index (κ1) is 11.0. The first-order chi connectivity index (χ1) is 4.74. The van der Waals surface area contributed by atoms with Crippen LogP contribution in [0.2, 0.25) is 0 Å². The van der Waals surface area contributed by atoms with Crippen LogP contribution in [0.15, 0.2) is 0 Å². The molecule has 0 aromatic carbocycles. The molecule has 6 heteroatoms. The van der Waals surface area contributed by atoms with Crippen LogP contribution >= 0.6 is 61.6 Å². The predicted octanol–water partition coefficient (Wildman–Crippen LogP) is 5.32. The molecule has 1 aliphatic heterocycles. The SMILES string of the molecule is ClC1(Cl)CCCCP1(Cl)(Cl)Cl. The molecule has 1 rings (SSSR count). The second kappa shape index (κ2) is 2.94. The van der Waals surface area contributed by atoms with Crippen molar-refractivity contribution in [3.8, 4) is 0 Å². The van der Waals surface area contributed by atoms with E-state index >= 15 is 0 Å². The monoisotopic (exact) mass is 274 g/mol. The first-order valence-corrected chi connectivity index (χ1v) is 9.17. The molecular weight excluding hydrogens is 268 g/mol. The zero-order valence-corrected chi connectivity index (χ0v) is 10.3. The molecule has 0 bridgehead atoms. The minimum atomic E-state index is -3.33. The molecule has 11 heavy (non-hydrogen) atoms. The first-order valence-electron chi connectivity index (χ1n) is 3.28. The van der Waals surface area contributed by atoms with Crippen LogP contribution in [0.4, 0.5) is 0 Å². The molecule has 0 aromatic heterocycles. The quantitative estimate of drug-likeness (QED) is 0.415. The second-order valence-corrected chi connectivity index (χ2v) is 16.2. The third kappa shape index (κ3) is 2.03. The molecule has 1 aliphatic rings. The summed E-state index contributed by atoms with van der Waals surface area (Å²) in [7, 11) is 0. The van der Waals surface area contributed by atoms with E-state index in [9.17, 15) is 0 Å². The standard InChI is InChI=1S/C5H8Cl5P/c6-5(7)3-1-2-4-11(5,8,9)10/h1-4H2. The molecule has 0 amide bonds. The van der Waals surface area contributed by atoms with Crippen molar-refractivity contribution >= 4 is 61.6 Å². The number of alkyl halides is 2. The van der Waals surface area contributed by atoms with Gasteiger partial charge < -0.3 is 0 Å². The van der Waals surface area contributed by atoms with Crippen LogP contribution in [0.5, 0.6) is 0 Å². The van der Waals surface area contributed by atoms with Gasteiger partial charge in [0.1, 0.15) is 0 Å². The fourth-order valence-electron chi connectivity index (χ4n) is 1.08. The molecule has 0 atom stereocenters. The number of hydrogen-bond acceptors (Lipinski definition) is 0. The summed E-state index contributed by atoms with van der Waals surface area (Å²) in [5.74, 6) is 0. The molecule has 0 saturated carbocycles. The summed E-state index contributed by atoms with van der Waals surface area (Å²) in [5, 5.41) is 0. The van der Waals surface area contributed by atoms with E-state index in [0.29, 0.717) is 12.6 Å². The van der Waals surface area contributed by atoms with Crippen LogP contribution in [0.25, 0.3) is 0 Å². The van der Waals surface area contributed by atoms with Gasteiger partial charge in [-0.05, 0) is 0 Å². The van der Waals surface area contributed by atoms with Crippen LogP contribution < -0.4 is 0 Å². The van der Waals surface area contributed by atoms with Gasteiger partial charge >= 0.3 is 91.1 Å². The fraction of sp³-hybridized carbons (Fsp3) is 1.00. The summed E-state index contributed by atoms with van der Waals surface area (Å²) < 4.78 is -4.45. The Balaban J connectivity index is 2.93. The van der Waals surface area contributed by atoms with Gasteiger partial charge in [0.05, 0.1) is 0 Å². The maximum atomic E-state index is 6.02. The maximum absolute atomic E-state index is 6.02. The van der Waals surface area contributed by atoms with Crippen molar-refractivity contribution in [3.05, 3.63) is 0 Å². The molecule has 0 unspecified atom stereocenters. The Morgan fingerprint density at radius 1 is 1.00 bits per heavy atom. The zero-order valence-electron chi connectivity index (χ0n) is 5.67. The van der Waals surface area contributed by atoms with Crippen molar-refractivity contribution in [3.63, 3.8) is 0 Å².